The van der Waals surface area contributed by atoms with Gasteiger partial charge in [0.25, 0.3) is 0 Å². The molecular weight excluding hydrogens is 264 g/mol. The highest BCUT2D eigenvalue weighted by atomic mass is 79.9. The van der Waals surface area contributed by atoms with Crippen molar-refractivity contribution in [1.82, 2.24) is 0 Å². The number of hydrogen-bond acceptors (Lipinski definition) is 1. The predicted molar refractivity (Wildman–Crippen MR) is 71.5 cm³/mol. The Kier molecular flexibility index (Phi) is 3.29. The number of alkyl halides is 1. The van der Waals surface area contributed by atoms with Crippen molar-refractivity contribution in [2.45, 2.75) is 37.9 Å². The number of hydrogen-bond donors (Lipinski definition) is 0. The van der Waals surface area contributed by atoms with E-state index in [1.165, 1.54) is 24.0 Å². The molecule has 1 aliphatic rings. The summed E-state index contributed by atoms with van der Waals surface area (Å²) in [6.07, 6.45) is 3.79. The van der Waals surface area contributed by atoms with Crippen molar-refractivity contribution < 1.29 is 4.74 Å². The molecule has 0 aliphatic heterocycles. The van der Waals surface area contributed by atoms with Gasteiger partial charge in [0.1, 0.15) is 5.75 Å². The third-order valence-corrected chi connectivity index (χ3v) is 4.69. The molecule has 1 saturated carbocycles. The van der Waals surface area contributed by atoms with Crippen molar-refractivity contribution >= 4 is 15.9 Å². The maximum atomic E-state index is 5.44. The van der Waals surface area contributed by atoms with Gasteiger partial charge in [-0.2, -0.15) is 0 Å². The maximum absolute atomic E-state index is 5.44. The highest BCUT2D eigenvalue weighted by Gasteiger charge is 2.46. The highest BCUT2D eigenvalue weighted by molar-refractivity contribution is 9.09. The molecule has 88 valence electrons. The molecule has 0 saturated heterocycles. The molecule has 0 aromatic heterocycles. The molecule has 0 radical (unpaired) electrons. The maximum Gasteiger partial charge on any atom is 0.122 e. The lowest BCUT2D eigenvalue weighted by atomic mass is 9.92. The summed E-state index contributed by atoms with van der Waals surface area (Å²) in [5, 5.41) is 0. The van der Waals surface area contributed by atoms with E-state index >= 15 is 0 Å². The first-order chi connectivity index (χ1) is 7.57. The molecule has 0 N–H and O–H groups in total. The average molecular weight is 283 g/mol. The third kappa shape index (κ3) is 2.27. The number of benzene rings is 1. The van der Waals surface area contributed by atoms with Gasteiger partial charge in [-0.15, -0.1) is 0 Å². The van der Waals surface area contributed by atoms with Gasteiger partial charge in [-0.05, 0) is 43.2 Å². The van der Waals surface area contributed by atoms with Gasteiger partial charge < -0.3 is 4.74 Å². The van der Waals surface area contributed by atoms with Crippen LogP contribution in [-0.4, -0.2) is 11.9 Å². The van der Waals surface area contributed by atoms with Crippen LogP contribution in [0.4, 0.5) is 0 Å². The van der Waals surface area contributed by atoms with E-state index in [1.807, 2.05) is 0 Å². The number of rotatable bonds is 4. The summed E-state index contributed by atoms with van der Waals surface area (Å²) in [4.78, 5) is 0.588. The number of aryl methyl sites for hydroxylation is 1. The normalized spacial score (nSPS) is 19.2. The smallest absolute Gasteiger partial charge is 0.122 e. The number of methoxy groups -OCH3 is 1. The van der Waals surface area contributed by atoms with Crippen molar-refractivity contribution in [1.29, 1.82) is 0 Å². The second-order valence-electron chi connectivity index (χ2n) is 4.97. The van der Waals surface area contributed by atoms with Crippen LogP contribution < -0.4 is 4.74 Å². The van der Waals surface area contributed by atoms with Gasteiger partial charge in [0.2, 0.25) is 0 Å². The Bertz CT molecular complexity index is 380. The molecule has 2 rings (SSSR count). The zero-order chi connectivity index (χ0) is 11.8. The number of ether oxygens (including phenoxy) is 1. The van der Waals surface area contributed by atoms with Crippen molar-refractivity contribution in [3.63, 3.8) is 0 Å². The average Bonchev–Trinajstić information content (AvgIpc) is 2.99. The van der Waals surface area contributed by atoms with Crippen molar-refractivity contribution in [3.8, 4) is 5.75 Å². The Balaban J connectivity index is 2.23. The first-order valence-corrected chi connectivity index (χ1v) is 6.76. The molecule has 0 amide bonds. The Morgan fingerprint density at radius 3 is 2.62 bits per heavy atom. The molecule has 1 aromatic carbocycles. The Hall–Kier alpha value is -0.500. The standard InChI is InChI=1S/C14H19BrO/c1-10-4-5-13(16-3)12(8-10)9-14(6-7-14)11(2)15/h4-5,8,11H,6-7,9H2,1-3H3. The summed E-state index contributed by atoms with van der Waals surface area (Å²) in [6, 6.07) is 6.45. The van der Waals surface area contributed by atoms with Gasteiger partial charge >= 0.3 is 0 Å². The van der Waals surface area contributed by atoms with E-state index in [2.05, 4.69) is 48.0 Å². The molecule has 2 heteroatoms. The minimum absolute atomic E-state index is 0.473. The van der Waals surface area contributed by atoms with E-state index in [0.717, 1.165) is 12.2 Å². The van der Waals surface area contributed by atoms with Gasteiger partial charge in [0.05, 0.1) is 7.11 Å². The SMILES string of the molecule is COc1ccc(C)cc1CC1(C(C)Br)CC1. The van der Waals surface area contributed by atoms with Crippen molar-refractivity contribution in [2.24, 2.45) is 5.41 Å². The monoisotopic (exact) mass is 282 g/mol. The quantitative estimate of drug-likeness (QED) is 0.756. The predicted octanol–water partition coefficient (Wildman–Crippen LogP) is 4.11. The minimum atomic E-state index is 0.473. The lowest BCUT2D eigenvalue weighted by molar-refractivity contribution is 0.401. The Labute approximate surface area is 106 Å². The van der Waals surface area contributed by atoms with Crippen LogP contribution in [0.2, 0.25) is 0 Å². The van der Waals surface area contributed by atoms with Crippen LogP contribution in [0.3, 0.4) is 0 Å². The van der Waals surface area contributed by atoms with Crippen LogP contribution in [0.1, 0.15) is 30.9 Å². The molecule has 1 fully saturated rings. The first kappa shape index (κ1) is 12.0. The molecule has 1 atom stereocenters. The summed E-state index contributed by atoms with van der Waals surface area (Å²) in [5.74, 6) is 1.03. The van der Waals surface area contributed by atoms with E-state index in [1.54, 1.807) is 7.11 Å². The molecular formula is C14H19BrO. The zero-order valence-electron chi connectivity index (χ0n) is 10.2. The third-order valence-electron chi connectivity index (χ3n) is 3.71. The second kappa shape index (κ2) is 4.40. The molecule has 16 heavy (non-hydrogen) atoms. The summed E-state index contributed by atoms with van der Waals surface area (Å²) >= 11 is 3.74. The fourth-order valence-electron chi connectivity index (χ4n) is 2.30. The Morgan fingerprint density at radius 2 is 2.12 bits per heavy atom. The van der Waals surface area contributed by atoms with Crippen LogP contribution in [0.25, 0.3) is 0 Å². The molecule has 1 aliphatic carbocycles. The lowest BCUT2D eigenvalue weighted by Crippen LogP contribution is -2.15. The van der Waals surface area contributed by atoms with E-state index in [0.29, 0.717) is 10.2 Å². The van der Waals surface area contributed by atoms with Gasteiger partial charge in [-0.25, -0.2) is 0 Å². The van der Waals surface area contributed by atoms with Gasteiger partial charge in [0.15, 0.2) is 0 Å². The summed E-state index contributed by atoms with van der Waals surface area (Å²) < 4.78 is 5.44. The van der Waals surface area contributed by atoms with Gasteiger partial charge in [-0.3, -0.25) is 0 Å². The van der Waals surface area contributed by atoms with E-state index in [4.69, 9.17) is 4.74 Å². The summed E-state index contributed by atoms with van der Waals surface area (Å²) in [6.45, 7) is 4.40. The summed E-state index contributed by atoms with van der Waals surface area (Å²) in [7, 11) is 1.76. The van der Waals surface area contributed by atoms with Crippen LogP contribution in [-0.2, 0) is 6.42 Å². The van der Waals surface area contributed by atoms with Crippen LogP contribution >= 0.6 is 15.9 Å². The fourth-order valence-corrected chi connectivity index (χ4v) is 2.92. The fraction of sp³-hybridized carbons (Fsp3) is 0.571. The molecule has 1 aromatic rings. The lowest BCUT2D eigenvalue weighted by Gasteiger charge is -2.20. The molecule has 1 unspecified atom stereocenters. The molecule has 0 heterocycles. The molecule has 0 spiro atoms. The van der Waals surface area contributed by atoms with Crippen molar-refractivity contribution in [3.05, 3.63) is 29.3 Å². The van der Waals surface area contributed by atoms with Crippen molar-refractivity contribution in [2.75, 3.05) is 7.11 Å². The van der Waals surface area contributed by atoms with Gasteiger partial charge in [-0.1, -0.05) is 40.5 Å². The van der Waals surface area contributed by atoms with E-state index in [-0.39, 0.29) is 0 Å². The topological polar surface area (TPSA) is 9.23 Å². The van der Waals surface area contributed by atoms with E-state index < -0.39 is 0 Å². The van der Waals surface area contributed by atoms with Crippen LogP contribution in [0.15, 0.2) is 18.2 Å². The molecule has 1 nitrogen and oxygen atoms in total. The minimum Gasteiger partial charge on any atom is -0.496 e. The van der Waals surface area contributed by atoms with E-state index in [9.17, 15) is 0 Å². The second-order valence-corrected chi connectivity index (χ2v) is 6.34. The highest BCUT2D eigenvalue weighted by Crippen LogP contribution is 2.54. The Morgan fingerprint density at radius 1 is 1.44 bits per heavy atom. The zero-order valence-corrected chi connectivity index (χ0v) is 11.8. The molecule has 0 bridgehead atoms. The summed E-state index contributed by atoms with van der Waals surface area (Å²) in [5.41, 5.74) is 3.14. The van der Waals surface area contributed by atoms with Crippen LogP contribution in [0.5, 0.6) is 5.75 Å². The number of halogens is 1. The first-order valence-electron chi connectivity index (χ1n) is 5.85. The van der Waals surface area contributed by atoms with Gasteiger partial charge in [0, 0.05) is 4.83 Å². The van der Waals surface area contributed by atoms with Crippen LogP contribution in [0, 0.1) is 12.3 Å². The largest absolute Gasteiger partial charge is 0.496 e.